The molecule has 2 aromatic rings. The molecule has 1 unspecified atom stereocenters. The highest BCUT2D eigenvalue weighted by atomic mass is 16.7. The number of hydrogen-bond donors (Lipinski definition) is 0. The van der Waals surface area contributed by atoms with Crippen molar-refractivity contribution >= 4 is 29.4 Å². The summed E-state index contributed by atoms with van der Waals surface area (Å²) in [4.78, 5) is 19.0. The molecule has 1 atom stereocenters. The summed E-state index contributed by atoms with van der Waals surface area (Å²) in [6.45, 7) is 15.3. The summed E-state index contributed by atoms with van der Waals surface area (Å²) >= 11 is 0. The quantitative estimate of drug-likeness (QED) is 0.639. The molecular weight excluding hydrogens is 403 g/mol. The maximum absolute atomic E-state index is 12.7. The fourth-order valence-electron chi connectivity index (χ4n) is 4.38. The lowest BCUT2D eigenvalue weighted by atomic mass is 9.77. The summed E-state index contributed by atoms with van der Waals surface area (Å²) in [5, 5.41) is 2.22. The minimum absolute atomic E-state index is 0.209. The molecule has 0 spiro atoms. The molecule has 1 amide bonds. The van der Waals surface area contributed by atoms with Crippen LogP contribution in [0.4, 0.5) is 4.79 Å². The van der Waals surface area contributed by atoms with E-state index in [1.165, 1.54) is 0 Å². The van der Waals surface area contributed by atoms with Gasteiger partial charge in [-0.3, -0.25) is 4.98 Å². The van der Waals surface area contributed by atoms with E-state index in [1.807, 2.05) is 38.1 Å². The zero-order chi connectivity index (χ0) is 23.3. The number of carbonyl (C=O) groups excluding carboxylic acids is 1. The smallest absolute Gasteiger partial charge is 0.444 e. The van der Waals surface area contributed by atoms with E-state index in [0.717, 1.165) is 41.2 Å². The number of benzene rings is 1. The summed E-state index contributed by atoms with van der Waals surface area (Å²) in [5.74, 6) is 0.209. The molecular formula is C25H35BN2O4. The molecule has 2 aliphatic rings. The Morgan fingerprint density at radius 2 is 1.84 bits per heavy atom. The second kappa shape index (κ2) is 8.03. The monoisotopic (exact) mass is 438 g/mol. The highest BCUT2D eigenvalue weighted by Gasteiger charge is 2.51. The average molecular weight is 438 g/mol. The van der Waals surface area contributed by atoms with Crippen molar-refractivity contribution in [2.24, 2.45) is 0 Å². The first-order valence-corrected chi connectivity index (χ1v) is 11.6. The standard InChI is InChI=1S/C25H35BN2O4/c1-23(2,3)30-22(29)28-12-8-9-18(16-28)21-15-27-14-17-10-11-19(13-20(17)21)26-31-24(4,5)25(6,7)32-26/h10-11,13-15,18H,8-9,12,16H2,1-7H3. The molecule has 7 heteroatoms. The van der Waals surface area contributed by atoms with Gasteiger partial charge in [0, 0.05) is 36.8 Å². The van der Waals surface area contributed by atoms with E-state index >= 15 is 0 Å². The predicted molar refractivity (Wildman–Crippen MR) is 127 cm³/mol. The third-order valence-corrected chi connectivity index (χ3v) is 6.85. The second-order valence-electron chi connectivity index (χ2n) is 11.1. The van der Waals surface area contributed by atoms with Gasteiger partial charge in [0.05, 0.1) is 11.2 Å². The van der Waals surface area contributed by atoms with Gasteiger partial charge in [0.2, 0.25) is 0 Å². The van der Waals surface area contributed by atoms with Crippen LogP contribution in [0.5, 0.6) is 0 Å². The van der Waals surface area contributed by atoms with Gasteiger partial charge in [-0.1, -0.05) is 18.2 Å². The minimum atomic E-state index is -0.497. The summed E-state index contributed by atoms with van der Waals surface area (Å²) in [7, 11) is -0.407. The molecule has 4 rings (SSSR count). The summed E-state index contributed by atoms with van der Waals surface area (Å²) in [6, 6.07) is 6.31. The second-order valence-corrected chi connectivity index (χ2v) is 11.1. The number of carbonyl (C=O) groups is 1. The summed E-state index contributed by atoms with van der Waals surface area (Å²) in [5.41, 5.74) is 0.899. The molecule has 0 bridgehead atoms. The van der Waals surface area contributed by atoms with Crippen LogP contribution in [-0.4, -0.2) is 53.0 Å². The number of ether oxygens (including phenoxy) is 1. The average Bonchev–Trinajstić information content (AvgIpc) is 2.93. The molecule has 0 aliphatic carbocycles. The van der Waals surface area contributed by atoms with Gasteiger partial charge in [-0.25, -0.2) is 4.79 Å². The maximum Gasteiger partial charge on any atom is 0.494 e. The van der Waals surface area contributed by atoms with Crippen LogP contribution < -0.4 is 5.46 Å². The third-order valence-electron chi connectivity index (χ3n) is 6.85. The van der Waals surface area contributed by atoms with E-state index in [4.69, 9.17) is 14.0 Å². The van der Waals surface area contributed by atoms with Crippen molar-refractivity contribution in [2.45, 2.75) is 84.0 Å². The van der Waals surface area contributed by atoms with Crippen LogP contribution in [0, 0.1) is 0 Å². The van der Waals surface area contributed by atoms with Crippen molar-refractivity contribution in [2.75, 3.05) is 13.1 Å². The van der Waals surface area contributed by atoms with E-state index in [-0.39, 0.29) is 23.2 Å². The van der Waals surface area contributed by atoms with Gasteiger partial charge in [-0.2, -0.15) is 0 Å². The molecule has 3 heterocycles. The highest BCUT2D eigenvalue weighted by molar-refractivity contribution is 6.62. The van der Waals surface area contributed by atoms with Gasteiger partial charge in [0.15, 0.2) is 0 Å². The van der Waals surface area contributed by atoms with E-state index in [0.29, 0.717) is 6.54 Å². The molecule has 2 aliphatic heterocycles. The Morgan fingerprint density at radius 1 is 1.16 bits per heavy atom. The Hall–Kier alpha value is -2.12. The summed E-state index contributed by atoms with van der Waals surface area (Å²) in [6.07, 6.45) is 5.55. The van der Waals surface area contributed by atoms with Crippen LogP contribution in [0.3, 0.4) is 0 Å². The van der Waals surface area contributed by atoms with Crippen LogP contribution in [0.25, 0.3) is 10.8 Å². The van der Waals surface area contributed by atoms with Gasteiger partial charge in [-0.05, 0) is 77.7 Å². The molecule has 0 saturated carbocycles. The zero-order valence-corrected chi connectivity index (χ0v) is 20.4. The molecule has 2 saturated heterocycles. The summed E-state index contributed by atoms with van der Waals surface area (Å²) < 4.78 is 18.2. The first-order valence-electron chi connectivity index (χ1n) is 11.6. The number of pyridine rings is 1. The number of nitrogens with zero attached hydrogens (tertiary/aromatic N) is 2. The molecule has 32 heavy (non-hydrogen) atoms. The molecule has 6 nitrogen and oxygen atoms in total. The van der Waals surface area contributed by atoms with Crippen LogP contribution >= 0.6 is 0 Å². The van der Waals surface area contributed by atoms with Gasteiger partial charge < -0.3 is 18.9 Å². The van der Waals surface area contributed by atoms with E-state index in [1.54, 1.807) is 0 Å². The van der Waals surface area contributed by atoms with Crippen LogP contribution in [-0.2, 0) is 14.0 Å². The number of fused-ring (bicyclic) bond motifs is 1. The molecule has 0 N–H and O–H groups in total. The van der Waals surface area contributed by atoms with Crippen molar-refractivity contribution in [3.63, 3.8) is 0 Å². The Labute approximate surface area is 191 Å². The van der Waals surface area contributed by atoms with Crippen LogP contribution in [0.2, 0.25) is 0 Å². The van der Waals surface area contributed by atoms with Crippen molar-refractivity contribution in [1.82, 2.24) is 9.88 Å². The highest BCUT2D eigenvalue weighted by Crippen LogP contribution is 2.37. The Balaban J connectivity index is 1.62. The Morgan fingerprint density at radius 3 is 2.50 bits per heavy atom. The lowest BCUT2D eigenvalue weighted by Crippen LogP contribution is -2.42. The van der Waals surface area contributed by atoms with Crippen LogP contribution in [0.15, 0.2) is 30.6 Å². The molecule has 2 fully saturated rings. The number of piperidine rings is 1. The molecule has 1 aromatic heterocycles. The Bertz CT molecular complexity index is 999. The SMILES string of the molecule is CC(C)(C)OC(=O)N1CCCC(c2cncc3ccc(B4OC(C)(C)C(C)(C)O4)cc23)C1. The first-order chi connectivity index (χ1) is 14.9. The van der Waals surface area contributed by atoms with Crippen molar-refractivity contribution in [3.8, 4) is 0 Å². The minimum Gasteiger partial charge on any atom is -0.444 e. The number of hydrogen-bond acceptors (Lipinski definition) is 5. The number of amides is 1. The van der Waals surface area contributed by atoms with Gasteiger partial charge in [-0.15, -0.1) is 0 Å². The van der Waals surface area contributed by atoms with Crippen molar-refractivity contribution < 1.29 is 18.8 Å². The largest absolute Gasteiger partial charge is 0.494 e. The first kappa shape index (κ1) is 23.1. The van der Waals surface area contributed by atoms with E-state index in [9.17, 15) is 4.79 Å². The van der Waals surface area contributed by atoms with Gasteiger partial charge in [0.25, 0.3) is 0 Å². The molecule has 1 aromatic carbocycles. The lowest BCUT2D eigenvalue weighted by Gasteiger charge is -2.34. The lowest BCUT2D eigenvalue weighted by molar-refractivity contribution is 0.00578. The normalized spacial score (nSPS) is 22.9. The molecule has 0 radical (unpaired) electrons. The van der Waals surface area contributed by atoms with E-state index in [2.05, 4.69) is 50.9 Å². The van der Waals surface area contributed by atoms with Crippen LogP contribution in [0.1, 0.15) is 72.8 Å². The third kappa shape index (κ3) is 4.51. The number of rotatable bonds is 2. The Kier molecular flexibility index (Phi) is 5.79. The zero-order valence-electron chi connectivity index (χ0n) is 20.4. The fraction of sp³-hybridized carbons (Fsp3) is 0.600. The predicted octanol–water partition coefficient (Wildman–Crippen LogP) is 4.65. The van der Waals surface area contributed by atoms with Crippen molar-refractivity contribution in [3.05, 3.63) is 36.2 Å². The van der Waals surface area contributed by atoms with E-state index < -0.39 is 12.7 Å². The van der Waals surface area contributed by atoms with Crippen molar-refractivity contribution in [1.29, 1.82) is 0 Å². The topological polar surface area (TPSA) is 60.9 Å². The fourth-order valence-corrected chi connectivity index (χ4v) is 4.38. The number of likely N-dealkylation sites (tertiary alicyclic amines) is 1. The molecule has 172 valence electrons. The van der Waals surface area contributed by atoms with Gasteiger partial charge in [0.1, 0.15) is 5.60 Å². The maximum atomic E-state index is 12.7. The number of aromatic nitrogens is 1. The van der Waals surface area contributed by atoms with Gasteiger partial charge >= 0.3 is 13.2 Å².